The summed E-state index contributed by atoms with van der Waals surface area (Å²) in [4.78, 5) is 14.3. The molecular formula is C15H22N2O4S. The van der Waals surface area contributed by atoms with E-state index < -0.39 is 10.0 Å². The highest BCUT2D eigenvalue weighted by Crippen LogP contribution is 2.21. The highest BCUT2D eigenvalue weighted by atomic mass is 32.2. The number of primary sulfonamides is 1. The number of ether oxygens (including phenoxy) is 1. The van der Waals surface area contributed by atoms with Gasteiger partial charge in [-0.05, 0) is 38.3 Å². The third kappa shape index (κ3) is 3.85. The number of methoxy groups -OCH3 is 1. The molecular weight excluding hydrogens is 304 g/mol. The number of hydrogen-bond donors (Lipinski definition) is 1. The van der Waals surface area contributed by atoms with E-state index in [0.29, 0.717) is 13.1 Å². The first-order chi connectivity index (χ1) is 10.3. The first-order valence-corrected chi connectivity index (χ1v) is 8.83. The lowest BCUT2D eigenvalue weighted by atomic mass is 10.1. The molecule has 0 bridgehead atoms. The zero-order chi connectivity index (χ0) is 16.3. The number of benzene rings is 1. The molecule has 0 spiro atoms. The van der Waals surface area contributed by atoms with Crippen LogP contribution in [-0.4, -0.2) is 45.5 Å². The number of nitrogens with zero attached hydrogens (tertiary/aromatic N) is 1. The Morgan fingerprint density at radius 2 is 2.05 bits per heavy atom. The number of sulfonamides is 1. The molecule has 122 valence electrons. The van der Waals surface area contributed by atoms with Gasteiger partial charge >= 0.3 is 0 Å². The van der Waals surface area contributed by atoms with E-state index in [0.717, 1.165) is 24.8 Å². The van der Waals surface area contributed by atoms with Crippen LogP contribution < -0.4 is 5.14 Å². The summed E-state index contributed by atoms with van der Waals surface area (Å²) in [6, 6.07) is 4.62. The lowest BCUT2D eigenvalue weighted by Gasteiger charge is -2.22. The summed E-state index contributed by atoms with van der Waals surface area (Å²) >= 11 is 0. The zero-order valence-corrected chi connectivity index (χ0v) is 13.7. The van der Waals surface area contributed by atoms with Gasteiger partial charge in [0.25, 0.3) is 5.91 Å². The molecule has 0 saturated carbocycles. The standard InChI is InChI=1S/C15H22N2O4S/c1-11-5-6-14(22(16,19)20)13(10-11)15(18)17-8-3-4-12(21-2)7-9-17/h5-6,10,12H,3-4,7-9H2,1-2H3,(H2,16,19,20). The minimum absolute atomic E-state index is 0.115. The van der Waals surface area contributed by atoms with Crippen LogP contribution in [0.15, 0.2) is 23.1 Å². The topological polar surface area (TPSA) is 89.7 Å². The predicted octanol–water partition coefficient (Wildman–Crippen LogP) is 1.28. The molecule has 1 fully saturated rings. The summed E-state index contributed by atoms with van der Waals surface area (Å²) in [6.07, 6.45) is 2.63. The minimum Gasteiger partial charge on any atom is -0.381 e. The lowest BCUT2D eigenvalue weighted by molar-refractivity contribution is 0.0720. The van der Waals surface area contributed by atoms with E-state index in [-0.39, 0.29) is 22.5 Å². The van der Waals surface area contributed by atoms with Crippen molar-refractivity contribution in [3.8, 4) is 0 Å². The normalized spacial score (nSPS) is 19.8. The summed E-state index contributed by atoms with van der Waals surface area (Å²) in [5.74, 6) is -0.288. The molecule has 22 heavy (non-hydrogen) atoms. The van der Waals surface area contributed by atoms with Crippen molar-refractivity contribution in [1.82, 2.24) is 4.90 Å². The Labute approximate surface area is 131 Å². The highest BCUT2D eigenvalue weighted by molar-refractivity contribution is 7.89. The largest absolute Gasteiger partial charge is 0.381 e. The quantitative estimate of drug-likeness (QED) is 0.906. The monoisotopic (exact) mass is 326 g/mol. The van der Waals surface area contributed by atoms with Crippen molar-refractivity contribution in [1.29, 1.82) is 0 Å². The fourth-order valence-electron chi connectivity index (χ4n) is 2.73. The van der Waals surface area contributed by atoms with Crippen molar-refractivity contribution in [3.63, 3.8) is 0 Å². The predicted molar refractivity (Wildman–Crippen MR) is 83.1 cm³/mol. The van der Waals surface area contributed by atoms with Gasteiger partial charge in [-0.3, -0.25) is 4.79 Å². The van der Waals surface area contributed by atoms with Crippen LogP contribution in [0.3, 0.4) is 0 Å². The summed E-state index contributed by atoms with van der Waals surface area (Å²) in [6.45, 7) is 2.96. The van der Waals surface area contributed by atoms with Crippen LogP contribution in [0.25, 0.3) is 0 Å². The van der Waals surface area contributed by atoms with E-state index in [4.69, 9.17) is 9.88 Å². The van der Waals surface area contributed by atoms with E-state index in [1.54, 1.807) is 24.1 Å². The number of carbonyl (C=O) groups is 1. The van der Waals surface area contributed by atoms with Crippen molar-refractivity contribution in [2.45, 2.75) is 37.2 Å². The Balaban J connectivity index is 2.31. The fourth-order valence-corrected chi connectivity index (χ4v) is 3.44. The maximum Gasteiger partial charge on any atom is 0.255 e. The number of carbonyl (C=O) groups excluding carboxylic acids is 1. The molecule has 2 rings (SSSR count). The van der Waals surface area contributed by atoms with Crippen LogP contribution in [0.4, 0.5) is 0 Å². The zero-order valence-electron chi connectivity index (χ0n) is 12.9. The highest BCUT2D eigenvalue weighted by Gasteiger charge is 2.26. The number of likely N-dealkylation sites (tertiary alicyclic amines) is 1. The SMILES string of the molecule is COC1CCCN(C(=O)c2cc(C)ccc2S(N)(=O)=O)CC1. The maximum absolute atomic E-state index is 12.7. The molecule has 2 N–H and O–H groups in total. The Hall–Kier alpha value is -1.44. The minimum atomic E-state index is -3.93. The van der Waals surface area contributed by atoms with Crippen molar-refractivity contribution in [2.24, 2.45) is 5.14 Å². The van der Waals surface area contributed by atoms with Gasteiger partial charge in [-0.1, -0.05) is 11.6 Å². The van der Waals surface area contributed by atoms with Crippen LogP contribution in [0.2, 0.25) is 0 Å². The molecule has 0 aromatic heterocycles. The van der Waals surface area contributed by atoms with Crippen LogP contribution in [0, 0.1) is 6.92 Å². The molecule has 0 radical (unpaired) electrons. The smallest absolute Gasteiger partial charge is 0.255 e. The molecule has 7 heteroatoms. The van der Waals surface area contributed by atoms with E-state index in [1.807, 2.05) is 6.92 Å². The number of nitrogens with two attached hydrogens (primary N) is 1. The summed E-state index contributed by atoms with van der Waals surface area (Å²) in [7, 11) is -2.26. The van der Waals surface area contributed by atoms with Crippen LogP contribution >= 0.6 is 0 Å². The first kappa shape index (κ1) is 16.9. The summed E-state index contributed by atoms with van der Waals surface area (Å²) in [5.41, 5.74) is 0.971. The Bertz CT molecular complexity index is 658. The van der Waals surface area contributed by atoms with Crippen molar-refractivity contribution < 1.29 is 17.9 Å². The van der Waals surface area contributed by atoms with E-state index in [1.165, 1.54) is 6.07 Å². The molecule has 1 heterocycles. The molecule has 1 unspecified atom stereocenters. The first-order valence-electron chi connectivity index (χ1n) is 7.28. The molecule has 1 amide bonds. The van der Waals surface area contributed by atoms with Crippen molar-refractivity contribution in [2.75, 3.05) is 20.2 Å². The lowest BCUT2D eigenvalue weighted by Crippen LogP contribution is -2.33. The van der Waals surface area contributed by atoms with Gasteiger partial charge in [-0.25, -0.2) is 13.6 Å². The van der Waals surface area contributed by atoms with Gasteiger partial charge in [0.1, 0.15) is 0 Å². The van der Waals surface area contributed by atoms with Gasteiger partial charge in [-0.2, -0.15) is 0 Å². The fraction of sp³-hybridized carbons (Fsp3) is 0.533. The third-order valence-electron chi connectivity index (χ3n) is 3.97. The van der Waals surface area contributed by atoms with Crippen molar-refractivity contribution >= 4 is 15.9 Å². The van der Waals surface area contributed by atoms with Gasteiger partial charge in [-0.15, -0.1) is 0 Å². The molecule has 1 aromatic rings. The van der Waals surface area contributed by atoms with E-state index in [2.05, 4.69) is 0 Å². The Kier molecular flexibility index (Phi) is 5.20. The number of hydrogen-bond acceptors (Lipinski definition) is 4. The van der Waals surface area contributed by atoms with Crippen LogP contribution in [0.5, 0.6) is 0 Å². The molecule has 1 aliphatic rings. The molecule has 1 aliphatic heterocycles. The summed E-state index contributed by atoms with van der Waals surface area (Å²) < 4.78 is 28.8. The molecule has 1 atom stereocenters. The van der Waals surface area contributed by atoms with Gasteiger partial charge in [0, 0.05) is 20.2 Å². The van der Waals surface area contributed by atoms with Crippen LogP contribution in [-0.2, 0) is 14.8 Å². The van der Waals surface area contributed by atoms with Gasteiger partial charge in [0.2, 0.25) is 10.0 Å². The third-order valence-corrected chi connectivity index (χ3v) is 4.94. The van der Waals surface area contributed by atoms with Crippen LogP contribution in [0.1, 0.15) is 35.2 Å². The maximum atomic E-state index is 12.7. The number of amides is 1. The second-order valence-electron chi connectivity index (χ2n) is 5.63. The second-order valence-corrected chi connectivity index (χ2v) is 7.16. The average molecular weight is 326 g/mol. The number of rotatable bonds is 3. The summed E-state index contributed by atoms with van der Waals surface area (Å²) in [5, 5.41) is 5.23. The van der Waals surface area contributed by atoms with E-state index in [9.17, 15) is 13.2 Å². The molecule has 1 aromatic carbocycles. The van der Waals surface area contributed by atoms with Gasteiger partial charge in [0.15, 0.2) is 0 Å². The number of aryl methyl sites for hydroxylation is 1. The molecule has 0 aliphatic carbocycles. The Morgan fingerprint density at radius 1 is 1.32 bits per heavy atom. The van der Waals surface area contributed by atoms with Gasteiger partial charge < -0.3 is 9.64 Å². The molecule has 6 nitrogen and oxygen atoms in total. The van der Waals surface area contributed by atoms with E-state index >= 15 is 0 Å². The average Bonchev–Trinajstić information content (AvgIpc) is 2.70. The second kappa shape index (κ2) is 6.76. The Morgan fingerprint density at radius 3 is 2.68 bits per heavy atom. The van der Waals surface area contributed by atoms with Gasteiger partial charge in [0.05, 0.1) is 16.6 Å². The van der Waals surface area contributed by atoms with Crippen molar-refractivity contribution in [3.05, 3.63) is 29.3 Å². The molecule has 1 saturated heterocycles.